The summed E-state index contributed by atoms with van der Waals surface area (Å²) in [6, 6.07) is 0. The number of hydrogen-bond donors (Lipinski definition) is 0. The molecule has 0 N–H and O–H groups in total. The van der Waals surface area contributed by atoms with Crippen molar-refractivity contribution < 1.29 is 0 Å². The third-order valence-corrected chi connectivity index (χ3v) is 5.03. The standard InChI is InChI=1S/C18H28/c1-3-9-15-11-5-7-13-17(15)18-14-8-6-12-16(18)10-4-2/h3-5,11,15-18H,1-2,6-10,12-14H2. The van der Waals surface area contributed by atoms with Crippen LogP contribution in [0.2, 0.25) is 0 Å². The van der Waals surface area contributed by atoms with E-state index in [1.54, 1.807) is 0 Å². The van der Waals surface area contributed by atoms with Crippen molar-refractivity contribution in [2.75, 3.05) is 0 Å². The zero-order valence-corrected chi connectivity index (χ0v) is 11.7. The summed E-state index contributed by atoms with van der Waals surface area (Å²) < 4.78 is 0. The van der Waals surface area contributed by atoms with Crippen molar-refractivity contribution in [2.45, 2.75) is 51.4 Å². The molecule has 0 heteroatoms. The maximum absolute atomic E-state index is 3.96. The van der Waals surface area contributed by atoms with E-state index >= 15 is 0 Å². The highest BCUT2D eigenvalue weighted by Gasteiger charge is 2.34. The van der Waals surface area contributed by atoms with Crippen LogP contribution in [-0.4, -0.2) is 0 Å². The van der Waals surface area contributed by atoms with Crippen molar-refractivity contribution in [3.8, 4) is 0 Å². The van der Waals surface area contributed by atoms with Crippen LogP contribution < -0.4 is 0 Å². The average molecular weight is 244 g/mol. The molecule has 0 amide bonds. The maximum Gasteiger partial charge on any atom is -0.0168 e. The van der Waals surface area contributed by atoms with E-state index in [1.165, 1.54) is 51.4 Å². The van der Waals surface area contributed by atoms with E-state index in [2.05, 4.69) is 37.5 Å². The Kier molecular flexibility index (Phi) is 5.28. The topological polar surface area (TPSA) is 0 Å². The van der Waals surface area contributed by atoms with Crippen LogP contribution in [0.25, 0.3) is 0 Å². The van der Waals surface area contributed by atoms with Crippen molar-refractivity contribution >= 4 is 0 Å². The lowest BCUT2D eigenvalue weighted by molar-refractivity contribution is 0.120. The molecule has 18 heavy (non-hydrogen) atoms. The van der Waals surface area contributed by atoms with Crippen LogP contribution in [0.5, 0.6) is 0 Å². The van der Waals surface area contributed by atoms with Crippen LogP contribution in [0.15, 0.2) is 37.5 Å². The van der Waals surface area contributed by atoms with Crippen LogP contribution in [0.3, 0.4) is 0 Å². The molecule has 1 saturated carbocycles. The van der Waals surface area contributed by atoms with E-state index < -0.39 is 0 Å². The monoisotopic (exact) mass is 244 g/mol. The van der Waals surface area contributed by atoms with Gasteiger partial charge in [-0.1, -0.05) is 37.1 Å². The van der Waals surface area contributed by atoms with Gasteiger partial charge in [0, 0.05) is 0 Å². The molecule has 0 heterocycles. The number of rotatable bonds is 5. The third-order valence-electron chi connectivity index (χ3n) is 5.03. The lowest BCUT2D eigenvalue weighted by atomic mass is 9.64. The van der Waals surface area contributed by atoms with E-state index in [1.807, 2.05) is 0 Å². The lowest BCUT2D eigenvalue weighted by Crippen LogP contribution is -2.32. The maximum atomic E-state index is 3.96. The van der Waals surface area contributed by atoms with E-state index in [9.17, 15) is 0 Å². The fourth-order valence-electron chi connectivity index (χ4n) is 4.20. The first-order valence-corrected chi connectivity index (χ1v) is 7.75. The van der Waals surface area contributed by atoms with Crippen molar-refractivity contribution in [2.24, 2.45) is 23.7 Å². The summed E-state index contributed by atoms with van der Waals surface area (Å²) >= 11 is 0. The molecule has 100 valence electrons. The van der Waals surface area contributed by atoms with Crippen molar-refractivity contribution in [1.29, 1.82) is 0 Å². The predicted molar refractivity (Wildman–Crippen MR) is 80.4 cm³/mol. The molecule has 0 radical (unpaired) electrons. The Bertz CT molecular complexity index is 299. The molecule has 2 aliphatic rings. The van der Waals surface area contributed by atoms with Gasteiger partial charge in [0.2, 0.25) is 0 Å². The van der Waals surface area contributed by atoms with Crippen molar-refractivity contribution in [3.63, 3.8) is 0 Å². The fourth-order valence-corrected chi connectivity index (χ4v) is 4.20. The van der Waals surface area contributed by atoms with Gasteiger partial charge >= 0.3 is 0 Å². The summed E-state index contributed by atoms with van der Waals surface area (Å²) in [5, 5.41) is 0. The summed E-state index contributed by atoms with van der Waals surface area (Å²) in [6.07, 6.45) is 19.9. The minimum absolute atomic E-state index is 0.756. The minimum Gasteiger partial charge on any atom is -0.103 e. The van der Waals surface area contributed by atoms with E-state index in [0.717, 1.165) is 23.7 Å². The quantitative estimate of drug-likeness (QED) is 0.558. The SMILES string of the molecule is C=CCC1C=CCCC1C1CCCCC1CC=C. The largest absolute Gasteiger partial charge is 0.103 e. The Morgan fingerprint density at radius 3 is 2.50 bits per heavy atom. The summed E-state index contributed by atoms with van der Waals surface area (Å²) in [5.74, 6) is 3.50. The van der Waals surface area contributed by atoms with Gasteiger partial charge in [0.05, 0.1) is 0 Å². The van der Waals surface area contributed by atoms with Crippen molar-refractivity contribution in [3.05, 3.63) is 37.5 Å². The van der Waals surface area contributed by atoms with Crippen LogP contribution in [-0.2, 0) is 0 Å². The molecule has 0 saturated heterocycles. The van der Waals surface area contributed by atoms with Gasteiger partial charge in [-0.3, -0.25) is 0 Å². The zero-order valence-electron chi connectivity index (χ0n) is 11.7. The minimum atomic E-state index is 0.756. The summed E-state index contributed by atoms with van der Waals surface area (Å²) in [4.78, 5) is 0. The van der Waals surface area contributed by atoms with Gasteiger partial charge < -0.3 is 0 Å². The second-order valence-electron chi connectivity index (χ2n) is 6.09. The molecule has 0 aromatic rings. The Labute approximate surface area is 113 Å². The normalized spacial score (nSPS) is 36.2. The van der Waals surface area contributed by atoms with Gasteiger partial charge in [-0.15, -0.1) is 13.2 Å². The first kappa shape index (κ1) is 13.6. The first-order chi connectivity index (χ1) is 8.86. The van der Waals surface area contributed by atoms with E-state index in [4.69, 9.17) is 0 Å². The molecular formula is C18H28. The van der Waals surface area contributed by atoms with Gasteiger partial charge in [-0.25, -0.2) is 0 Å². The summed E-state index contributed by atoms with van der Waals surface area (Å²) in [7, 11) is 0. The molecule has 1 fully saturated rings. The Morgan fingerprint density at radius 2 is 1.72 bits per heavy atom. The summed E-state index contributed by atoms with van der Waals surface area (Å²) in [5.41, 5.74) is 0. The molecular weight excluding hydrogens is 216 g/mol. The molecule has 0 aromatic heterocycles. The van der Waals surface area contributed by atoms with Crippen LogP contribution in [0.4, 0.5) is 0 Å². The molecule has 4 unspecified atom stereocenters. The zero-order chi connectivity index (χ0) is 12.8. The second kappa shape index (κ2) is 6.97. The lowest BCUT2D eigenvalue weighted by Gasteiger charge is -2.41. The molecule has 0 spiro atoms. The molecule has 0 nitrogen and oxygen atoms in total. The molecule has 2 aliphatic carbocycles. The molecule has 0 aromatic carbocycles. The van der Waals surface area contributed by atoms with E-state index in [-0.39, 0.29) is 0 Å². The highest BCUT2D eigenvalue weighted by atomic mass is 14.4. The highest BCUT2D eigenvalue weighted by Crippen LogP contribution is 2.44. The Hall–Kier alpha value is -0.780. The van der Waals surface area contributed by atoms with Crippen LogP contribution >= 0.6 is 0 Å². The molecule has 0 bridgehead atoms. The predicted octanol–water partition coefficient (Wildman–Crippen LogP) is 5.53. The first-order valence-electron chi connectivity index (χ1n) is 7.75. The molecule has 2 rings (SSSR count). The van der Waals surface area contributed by atoms with Crippen molar-refractivity contribution in [1.82, 2.24) is 0 Å². The second-order valence-corrected chi connectivity index (χ2v) is 6.09. The molecule has 0 aliphatic heterocycles. The smallest absolute Gasteiger partial charge is 0.0168 e. The Morgan fingerprint density at radius 1 is 0.944 bits per heavy atom. The third kappa shape index (κ3) is 3.16. The fraction of sp³-hybridized carbons (Fsp3) is 0.667. The average Bonchev–Trinajstić information content (AvgIpc) is 2.41. The number of allylic oxidation sites excluding steroid dienone is 4. The van der Waals surface area contributed by atoms with Gasteiger partial charge in [-0.2, -0.15) is 0 Å². The highest BCUT2D eigenvalue weighted by molar-refractivity contribution is 5.02. The van der Waals surface area contributed by atoms with Gasteiger partial charge in [0.1, 0.15) is 0 Å². The van der Waals surface area contributed by atoms with Gasteiger partial charge in [0.25, 0.3) is 0 Å². The Balaban J connectivity index is 2.07. The molecule has 4 atom stereocenters. The van der Waals surface area contributed by atoms with Gasteiger partial charge in [0.15, 0.2) is 0 Å². The summed E-state index contributed by atoms with van der Waals surface area (Å²) in [6.45, 7) is 7.90. The number of hydrogen-bond acceptors (Lipinski definition) is 0. The van der Waals surface area contributed by atoms with Crippen LogP contribution in [0.1, 0.15) is 51.4 Å². The van der Waals surface area contributed by atoms with Gasteiger partial charge in [-0.05, 0) is 62.2 Å². The van der Waals surface area contributed by atoms with Crippen LogP contribution in [0, 0.1) is 23.7 Å². The van der Waals surface area contributed by atoms with E-state index in [0.29, 0.717) is 0 Å².